The predicted octanol–water partition coefficient (Wildman–Crippen LogP) is 2.46. The molecule has 1 aromatic carbocycles. The van der Waals surface area contributed by atoms with Gasteiger partial charge in [0, 0.05) is 29.8 Å². The van der Waals surface area contributed by atoms with Crippen LogP contribution in [0.3, 0.4) is 0 Å². The van der Waals surface area contributed by atoms with E-state index in [2.05, 4.69) is 5.10 Å². The third-order valence-corrected chi connectivity index (χ3v) is 3.42. The molecule has 0 unspecified atom stereocenters. The van der Waals surface area contributed by atoms with Gasteiger partial charge in [-0.1, -0.05) is 6.92 Å². The summed E-state index contributed by atoms with van der Waals surface area (Å²) >= 11 is 0. The van der Waals surface area contributed by atoms with Crippen LogP contribution in [0.4, 0.5) is 18.9 Å². The standard InChI is InChI=1S/C13H12F3N3O4/c1-2-9-7-12(21,13(14,15)16)18(17-9)11(20)8-3-5-10(6-4-8)19(22)23/h3-6,21H,2,7H2,1H3/t12-/m0/s1. The van der Waals surface area contributed by atoms with Crippen molar-refractivity contribution in [2.24, 2.45) is 5.10 Å². The van der Waals surface area contributed by atoms with E-state index in [0.717, 1.165) is 24.3 Å². The second kappa shape index (κ2) is 5.61. The average molecular weight is 331 g/mol. The molecule has 124 valence electrons. The molecule has 1 amide bonds. The van der Waals surface area contributed by atoms with Gasteiger partial charge < -0.3 is 5.11 Å². The molecule has 1 heterocycles. The van der Waals surface area contributed by atoms with E-state index in [1.807, 2.05) is 0 Å². The molecule has 1 aromatic rings. The molecule has 0 saturated heterocycles. The van der Waals surface area contributed by atoms with Crippen LogP contribution in [-0.4, -0.2) is 38.6 Å². The summed E-state index contributed by atoms with van der Waals surface area (Å²) in [5.74, 6) is -1.19. The number of hydrazone groups is 1. The van der Waals surface area contributed by atoms with Gasteiger partial charge >= 0.3 is 6.18 Å². The van der Waals surface area contributed by atoms with E-state index < -0.39 is 29.2 Å². The van der Waals surface area contributed by atoms with E-state index in [4.69, 9.17) is 0 Å². The van der Waals surface area contributed by atoms with Crippen molar-refractivity contribution in [2.75, 3.05) is 0 Å². The summed E-state index contributed by atoms with van der Waals surface area (Å²) < 4.78 is 39.4. The minimum atomic E-state index is -5.09. The number of nitro groups is 1. The first-order valence-electron chi connectivity index (χ1n) is 6.54. The predicted molar refractivity (Wildman–Crippen MR) is 72.6 cm³/mol. The van der Waals surface area contributed by atoms with Crippen molar-refractivity contribution in [1.82, 2.24) is 5.01 Å². The van der Waals surface area contributed by atoms with Gasteiger partial charge in [-0.15, -0.1) is 0 Å². The minimum Gasteiger partial charge on any atom is -0.362 e. The molecule has 0 spiro atoms. The monoisotopic (exact) mass is 331 g/mol. The zero-order chi connectivity index (χ0) is 17.4. The maximum Gasteiger partial charge on any atom is 0.438 e. The van der Waals surface area contributed by atoms with E-state index in [1.165, 1.54) is 0 Å². The smallest absolute Gasteiger partial charge is 0.362 e. The van der Waals surface area contributed by atoms with Crippen LogP contribution in [0.2, 0.25) is 0 Å². The number of rotatable bonds is 3. The Morgan fingerprint density at radius 3 is 2.43 bits per heavy atom. The number of hydrogen-bond acceptors (Lipinski definition) is 5. The Hall–Kier alpha value is -2.49. The van der Waals surface area contributed by atoms with E-state index in [-0.39, 0.29) is 28.4 Å². The number of alkyl halides is 3. The van der Waals surface area contributed by atoms with Crippen molar-refractivity contribution < 1.29 is 28.0 Å². The van der Waals surface area contributed by atoms with Crippen LogP contribution in [0.1, 0.15) is 30.1 Å². The molecule has 1 N–H and O–H groups in total. The topological polar surface area (TPSA) is 96.0 Å². The van der Waals surface area contributed by atoms with Gasteiger partial charge in [-0.25, -0.2) is 0 Å². The van der Waals surface area contributed by atoms with Gasteiger partial charge in [-0.05, 0) is 18.6 Å². The fourth-order valence-electron chi connectivity index (χ4n) is 2.10. The number of benzene rings is 1. The van der Waals surface area contributed by atoms with Gasteiger partial charge in [0.05, 0.1) is 4.92 Å². The lowest BCUT2D eigenvalue weighted by Gasteiger charge is -2.32. The molecule has 2 rings (SSSR count). The van der Waals surface area contributed by atoms with Crippen molar-refractivity contribution in [3.05, 3.63) is 39.9 Å². The SMILES string of the molecule is CCC1=NN(C(=O)c2ccc([N+](=O)[O-])cc2)[C@@](O)(C(F)(F)F)C1. The Bertz CT molecular complexity index is 672. The second-order valence-electron chi connectivity index (χ2n) is 4.93. The molecule has 0 aromatic heterocycles. The highest BCUT2D eigenvalue weighted by Crippen LogP contribution is 2.41. The lowest BCUT2D eigenvalue weighted by molar-refractivity contribution is -0.384. The molecular weight excluding hydrogens is 319 g/mol. The minimum absolute atomic E-state index is 0.00694. The summed E-state index contributed by atoms with van der Waals surface area (Å²) in [6, 6.07) is 3.99. The van der Waals surface area contributed by atoms with Crippen molar-refractivity contribution in [3.8, 4) is 0 Å². The van der Waals surface area contributed by atoms with Crippen molar-refractivity contribution in [2.45, 2.75) is 31.7 Å². The number of non-ortho nitro benzene ring substituents is 1. The molecule has 23 heavy (non-hydrogen) atoms. The van der Waals surface area contributed by atoms with Crippen LogP contribution in [-0.2, 0) is 0 Å². The molecule has 1 atom stereocenters. The van der Waals surface area contributed by atoms with Crippen LogP contribution >= 0.6 is 0 Å². The van der Waals surface area contributed by atoms with Crippen LogP contribution in [0.25, 0.3) is 0 Å². The van der Waals surface area contributed by atoms with Crippen LogP contribution < -0.4 is 0 Å². The van der Waals surface area contributed by atoms with Gasteiger partial charge in [0.1, 0.15) is 0 Å². The van der Waals surface area contributed by atoms with Crippen LogP contribution in [0.15, 0.2) is 29.4 Å². The van der Waals surface area contributed by atoms with Crippen LogP contribution in [0.5, 0.6) is 0 Å². The van der Waals surface area contributed by atoms with E-state index in [1.54, 1.807) is 6.92 Å². The summed E-state index contributed by atoms with van der Waals surface area (Å²) in [7, 11) is 0. The number of aliphatic hydroxyl groups is 1. The third-order valence-electron chi connectivity index (χ3n) is 3.42. The van der Waals surface area contributed by atoms with Gasteiger partial charge in [0.15, 0.2) is 0 Å². The first kappa shape index (κ1) is 16.9. The number of halogens is 3. The second-order valence-corrected chi connectivity index (χ2v) is 4.93. The normalized spacial score (nSPS) is 21.3. The summed E-state index contributed by atoms with van der Waals surface area (Å²) in [4.78, 5) is 22.1. The zero-order valence-electron chi connectivity index (χ0n) is 11.9. The number of amides is 1. The van der Waals surface area contributed by atoms with Crippen molar-refractivity contribution in [1.29, 1.82) is 0 Å². The average Bonchev–Trinajstić information content (AvgIpc) is 2.85. The number of carbonyl (C=O) groups excluding carboxylic acids is 1. The Balaban J connectivity index is 2.38. The Morgan fingerprint density at radius 2 is 2.00 bits per heavy atom. The lowest BCUT2D eigenvalue weighted by Crippen LogP contribution is -2.56. The quantitative estimate of drug-likeness (QED) is 0.680. The molecule has 0 fully saturated rings. The highest BCUT2D eigenvalue weighted by Gasteiger charge is 2.63. The highest BCUT2D eigenvalue weighted by atomic mass is 19.4. The summed E-state index contributed by atoms with van der Waals surface area (Å²) in [5.41, 5.74) is -3.96. The zero-order valence-corrected chi connectivity index (χ0v) is 11.9. The number of nitrogens with zero attached hydrogens (tertiary/aromatic N) is 3. The number of nitro benzene ring substituents is 1. The number of carbonyl (C=O) groups is 1. The maximum atomic E-state index is 13.1. The number of hydrogen-bond donors (Lipinski definition) is 1. The van der Waals surface area contributed by atoms with E-state index in [9.17, 15) is 33.2 Å². The highest BCUT2D eigenvalue weighted by molar-refractivity contribution is 5.98. The molecule has 0 radical (unpaired) electrons. The van der Waals surface area contributed by atoms with E-state index in [0.29, 0.717) is 0 Å². The first-order chi connectivity index (χ1) is 10.6. The van der Waals surface area contributed by atoms with Gasteiger partial charge in [0.2, 0.25) is 0 Å². The summed E-state index contributed by atoms with van der Waals surface area (Å²) in [5, 5.41) is 24.0. The molecule has 1 aliphatic heterocycles. The Morgan fingerprint density at radius 1 is 1.43 bits per heavy atom. The summed E-state index contributed by atoms with van der Waals surface area (Å²) in [6.07, 6.45) is -5.78. The summed E-state index contributed by atoms with van der Waals surface area (Å²) in [6.45, 7) is 1.55. The molecule has 10 heteroatoms. The van der Waals surface area contributed by atoms with E-state index >= 15 is 0 Å². The van der Waals surface area contributed by atoms with Crippen molar-refractivity contribution >= 4 is 17.3 Å². The molecule has 0 aliphatic carbocycles. The van der Waals surface area contributed by atoms with Gasteiger partial charge in [-0.3, -0.25) is 14.9 Å². The van der Waals surface area contributed by atoms with Gasteiger partial charge in [0.25, 0.3) is 17.3 Å². The Kier molecular flexibility index (Phi) is 4.12. The molecular formula is C13H12F3N3O4. The molecule has 0 bridgehead atoms. The first-order valence-corrected chi connectivity index (χ1v) is 6.54. The van der Waals surface area contributed by atoms with Gasteiger partial charge in [-0.2, -0.15) is 23.3 Å². The molecule has 0 saturated carbocycles. The molecule has 7 nitrogen and oxygen atoms in total. The van der Waals surface area contributed by atoms with Crippen molar-refractivity contribution in [3.63, 3.8) is 0 Å². The maximum absolute atomic E-state index is 13.1. The largest absolute Gasteiger partial charge is 0.438 e. The lowest BCUT2D eigenvalue weighted by atomic mass is 10.0. The Labute approximate surface area is 128 Å². The van der Waals surface area contributed by atoms with Crippen LogP contribution in [0, 0.1) is 10.1 Å². The third kappa shape index (κ3) is 2.89. The fourth-order valence-corrected chi connectivity index (χ4v) is 2.10. The fraction of sp³-hybridized carbons (Fsp3) is 0.385. The molecule has 1 aliphatic rings.